The van der Waals surface area contributed by atoms with Gasteiger partial charge in [-0.15, -0.1) is 0 Å². The predicted molar refractivity (Wildman–Crippen MR) is 57.3 cm³/mol. The van der Waals surface area contributed by atoms with Crippen molar-refractivity contribution in [2.45, 2.75) is 6.54 Å². The number of nitrogens with zero attached hydrogens (tertiary/aromatic N) is 2. The highest BCUT2D eigenvalue weighted by Crippen LogP contribution is 2.22. The van der Waals surface area contributed by atoms with Gasteiger partial charge in [0.1, 0.15) is 23.7 Å². The summed E-state index contributed by atoms with van der Waals surface area (Å²) in [5, 5.41) is 27.3. The lowest BCUT2D eigenvalue weighted by Crippen LogP contribution is -2.23. The van der Waals surface area contributed by atoms with Crippen LogP contribution in [-0.4, -0.2) is 31.3 Å². The van der Waals surface area contributed by atoms with Crippen LogP contribution in [0.2, 0.25) is 0 Å². The minimum atomic E-state index is -0.459. The Kier molecular flexibility index (Phi) is 2.91. The average molecular weight is 234 g/mol. The van der Waals surface area contributed by atoms with E-state index in [1.807, 2.05) is 0 Å². The largest absolute Gasteiger partial charge is 0.508 e. The van der Waals surface area contributed by atoms with E-state index in [9.17, 15) is 9.90 Å². The molecule has 1 amide bonds. The molecule has 17 heavy (non-hydrogen) atoms. The molecule has 0 aliphatic rings. The SMILES string of the molecule is O=C(NCc1ncn[nH]1)c1ccc(O)cc1O. The zero-order valence-electron chi connectivity index (χ0n) is 8.71. The average Bonchev–Trinajstić information content (AvgIpc) is 2.78. The third-order valence-corrected chi connectivity index (χ3v) is 2.11. The number of benzene rings is 1. The zero-order chi connectivity index (χ0) is 12.3. The highest BCUT2D eigenvalue weighted by atomic mass is 16.3. The van der Waals surface area contributed by atoms with Gasteiger partial charge in [-0.3, -0.25) is 9.89 Å². The van der Waals surface area contributed by atoms with E-state index in [2.05, 4.69) is 20.5 Å². The molecule has 7 nitrogen and oxygen atoms in total. The topological polar surface area (TPSA) is 111 Å². The summed E-state index contributed by atoms with van der Waals surface area (Å²) in [4.78, 5) is 15.5. The lowest BCUT2D eigenvalue weighted by atomic mass is 10.2. The molecular weight excluding hydrogens is 224 g/mol. The summed E-state index contributed by atoms with van der Waals surface area (Å²) in [5.41, 5.74) is 0.0855. The first kappa shape index (κ1) is 10.9. The molecule has 1 aromatic heterocycles. The van der Waals surface area contributed by atoms with Crippen molar-refractivity contribution in [3.05, 3.63) is 35.9 Å². The first-order valence-electron chi connectivity index (χ1n) is 4.81. The van der Waals surface area contributed by atoms with E-state index < -0.39 is 5.91 Å². The van der Waals surface area contributed by atoms with Crippen molar-refractivity contribution >= 4 is 5.91 Å². The second kappa shape index (κ2) is 4.52. The number of phenolic OH excluding ortho intramolecular Hbond substituents is 2. The summed E-state index contributed by atoms with van der Waals surface area (Å²) >= 11 is 0. The van der Waals surface area contributed by atoms with E-state index in [0.717, 1.165) is 6.07 Å². The number of H-pyrrole nitrogens is 1. The number of nitrogens with one attached hydrogen (secondary N) is 2. The molecule has 1 heterocycles. The first-order chi connectivity index (χ1) is 8.16. The summed E-state index contributed by atoms with van der Waals surface area (Å²) < 4.78 is 0. The summed E-state index contributed by atoms with van der Waals surface area (Å²) in [6.07, 6.45) is 1.33. The van der Waals surface area contributed by atoms with Gasteiger partial charge in [-0.05, 0) is 12.1 Å². The van der Waals surface area contributed by atoms with Crippen LogP contribution in [0.5, 0.6) is 11.5 Å². The Labute approximate surface area is 96.1 Å². The van der Waals surface area contributed by atoms with Crippen molar-refractivity contribution in [2.75, 3.05) is 0 Å². The van der Waals surface area contributed by atoms with Crippen LogP contribution in [0.15, 0.2) is 24.5 Å². The van der Waals surface area contributed by atoms with Crippen molar-refractivity contribution in [3.63, 3.8) is 0 Å². The summed E-state index contributed by atoms with van der Waals surface area (Å²) in [5.74, 6) is -0.329. The molecule has 4 N–H and O–H groups in total. The van der Waals surface area contributed by atoms with Crippen LogP contribution in [-0.2, 0) is 6.54 Å². The lowest BCUT2D eigenvalue weighted by molar-refractivity contribution is 0.0947. The van der Waals surface area contributed by atoms with Gasteiger partial charge in [0.05, 0.1) is 12.1 Å². The minimum absolute atomic E-state index is 0.0855. The second-order valence-corrected chi connectivity index (χ2v) is 3.32. The fourth-order valence-electron chi connectivity index (χ4n) is 1.29. The van der Waals surface area contributed by atoms with Crippen molar-refractivity contribution in [3.8, 4) is 11.5 Å². The molecule has 1 aromatic carbocycles. The van der Waals surface area contributed by atoms with E-state index in [0.29, 0.717) is 5.82 Å². The van der Waals surface area contributed by atoms with Crippen molar-refractivity contribution < 1.29 is 15.0 Å². The van der Waals surface area contributed by atoms with Gasteiger partial charge in [0.15, 0.2) is 0 Å². The van der Waals surface area contributed by atoms with Gasteiger partial charge in [0.2, 0.25) is 0 Å². The Balaban J connectivity index is 2.04. The van der Waals surface area contributed by atoms with E-state index >= 15 is 0 Å². The van der Waals surface area contributed by atoms with Crippen molar-refractivity contribution in [1.82, 2.24) is 20.5 Å². The molecule has 0 spiro atoms. The van der Waals surface area contributed by atoms with Crippen LogP contribution in [0.4, 0.5) is 0 Å². The lowest BCUT2D eigenvalue weighted by Gasteiger charge is -2.05. The fourth-order valence-corrected chi connectivity index (χ4v) is 1.29. The normalized spacial score (nSPS) is 10.1. The molecule has 0 fully saturated rings. The summed E-state index contributed by atoms with van der Waals surface area (Å²) in [7, 11) is 0. The number of carbonyl (C=O) groups excluding carboxylic acids is 1. The quantitative estimate of drug-likeness (QED) is 0.604. The van der Waals surface area contributed by atoms with Crippen LogP contribution >= 0.6 is 0 Å². The molecule has 0 saturated heterocycles. The molecule has 0 unspecified atom stereocenters. The fraction of sp³-hybridized carbons (Fsp3) is 0.100. The number of amides is 1. The maximum absolute atomic E-state index is 11.7. The number of carbonyl (C=O) groups is 1. The molecule has 0 aliphatic carbocycles. The molecule has 2 rings (SSSR count). The smallest absolute Gasteiger partial charge is 0.255 e. The molecule has 0 bridgehead atoms. The van der Waals surface area contributed by atoms with Gasteiger partial charge in [-0.25, -0.2) is 4.98 Å². The van der Waals surface area contributed by atoms with E-state index in [1.54, 1.807) is 0 Å². The van der Waals surface area contributed by atoms with Gasteiger partial charge in [0, 0.05) is 6.07 Å². The molecule has 2 aromatic rings. The molecule has 0 saturated carbocycles. The molecule has 0 atom stereocenters. The van der Waals surface area contributed by atoms with E-state index in [1.165, 1.54) is 18.5 Å². The Morgan fingerprint density at radius 2 is 2.24 bits per heavy atom. The molecule has 0 aliphatic heterocycles. The number of aromatic nitrogens is 3. The van der Waals surface area contributed by atoms with Crippen LogP contribution < -0.4 is 5.32 Å². The number of hydrogen-bond donors (Lipinski definition) is 4. The number of hydrogen-bond acceptors (Lipinski definition) is 5. The molecular formula is C10H10N4O3. The highest BCUT2D eigenvalue weighted by molar-refractivity contribution is 5.96. The summed E-state index contributed by atoms with van der Waals surface area (Å²) in [6, 6.07) is 3.76. The monoisotopic (exact) mass is 234 g/mol. The minimum Gasteiger partial charge on any atom is -0.508 e. The maximum atomic E-state index is 11.7. The highest BCUT2D eigenvalue weighted by Gasteiger charge is 2.11. The third-order valence-electron chi connectivity index (χ3n) is 2.11. The van der Waals surface area contributed by atoms with E-state index in [4.69, 9.17) is 5.11 Å². The van der Waals surface area contributed by atoms with Gasteiger partial charge >= 0.3 is 0 Å². The molecule has 0 radical (unpaired) electrons. The first-order valence-corrected chi connectivity index (χ1v) is 4.81. The third kappa shape index (κ3) is 2.51. The van der Waals surface area contributed by atoms with Gasteiger partial charge in [-0.1, -0.05) is 0 Å². The number of aromatic amines is 1. The number of rotatable bonds is 3. The Bertz CT molecular complexity index is 524. The van der Waals surface area contributed by atoms with Gasteiger partial charge in [-0.2, -0.15) is 5.10 Å². The maximum Gasteiger partial charge on any atom is 0.255 e. The molecule has 88 valence electrons. The summed E-state index contributed by atoms with van der Waals surface area (Å²) in [6.45, 7) is 0.180. The Hall–Kier alpha value is -2.57. The molecule has 7 heteroatoms. The van der Waals surface area contributed by atoms with Crippen LogP contribution in [0.3, 0.4) is 0 Å². The standard InChI is InChI=1S/C10H10N4O3/c15-6-1-2-7(8(16)3-6)10(17)11-4-9-12-5-13-14-9/h1-3,5,15-16H,4H2,(H,11,17)(H,12,13,14). The Morgan fingerprint density at radius 3 is 2.88 bits per heavy atom. The predicted octanol–water partition coefficient (Wildman–Crippen LogP) is 0.146. The number of phenols is 2. The van der Waals surface area contributed by atoms with Crippen molar-refractivity contribution in [2.24, 2.45) is 0 Å². The van der Waals surface area contributed by atoms with Crippen molar-refractivity contribution in [1.29, 1.82) is 0 Å². The number of aromatic hydroxyl groups is 2. The zero-order valence-corrected chi connectivity index (χ0v) is 8.71. The van der Waals surface area contributed by atoms with Gasteiger partial charge < -0.3 is 15.5 Å². The second-order valence-electron chi connectivity index (χ2n) is 3.32. The van der Waals surface area contributed by atoms with Crippen LogP contribution in [0.25, 0.3) is 0 Å². The Morgan fingerprint density at radius 1 is 1.41 bits per heavy atom. The van der Waals surface area contributed by atoms with E-state index in [-0.39, 0.29) is 23.6 Å². The van der Waals surface area contributed by atoms with Gasteiger partial charge in [0.25, 0.3) is 5.91 Å². The van der Waals surface area contributed by atoms with Crippen LogP contribution in [0, 0.1) is 0 Å². The van der Waals surface area contributed by atoms with Crippen LogP contribution in [0.1, 0.15) is 16.2 Å².